The lowest BCUT2D eigenvalue weighted by Crippen LogP contribution is -2.23. The number of carboxylic acid groups (broad SMARTS) is 1. The van der Waals surface area contributed by atoms with Gasteiger partial charge in [0, 0.05) is 29.7 Å². The Labute approximate surface area is 95.7 Å². The molecule has 0 fully saturated rings. The first-order chi connectivity index (χ1) is 6.93. The molecule has 1 N–H and O–H groups in total. The third-order valence-electron chi connectivity index (χ3n) is 2.30. The maximum Gasteiger partial charge on any atom is 0.306 e. The molecule has 82 valence electrons. The Balaban J connectivity index is 3.09. The van der Waals surface area contributed by atoms with Crippen molar-refractivity contribution in [1.29, 1.82) is 0 Å². The molecule has 0 aliphatic carbocycles. The van der Waals surface area contributed by atoms with Gasteiger partial charge in [-0.1, -0.05) is 6.92 Å². The fourth-order valence-corrected chi connectivity index (χ4v) is 1.82. The minimum Gasteiger partial charge on any atom is -0.481 e. The lowest BCUT2D eigenvalue weighted by molar-refractivity contribution is -0.141. The van der Waals surface area contributed by atoms with Crippen LogP contribution in [0, 0.1) is 5.92 Å². The molecule has 0 amide bonds. The van der Waals surface area contributed by atoms with Crippen molar-refractivity contribution < 1.29 is 9.90 Å². The standard InChI is InChI=1S/C10H12BrNO3/c1-6(10(14)15)5-8-7(11)3-4-9(13)12(8)2/h3-4,6H,5H2,1-2H3,(H,14,15). The highest BCUT2D eigenvalue weighted by Crippen LogP contribution is 2.17. The third kappa shape index (κ3) is 2.68. The van der Waals surface area contributed by atoms with Crippen LogP contribution < -0.4 is 5.56 Å². The highest BCUT2D eigenvalue weighted by molar-refractivity contribution is 9.10. The minimum absolute atomic E-state index is 0.134. The predicted molar refractivity (Wildman–Crippen MR) is 59.9 cm³/mol. The molecule has 0 saturated carbocycles. The summed E-state index contributed by atoms with van der Waals surface area (Å²) in [5.74, 6) is -1.37. The number of carboxylic acids is 1. The van der Waals surface area contributed by atoms with Crippen molar-refractivity contribution in [3.05, 3.63) is 32.7 Å². The van der Waals surface area contributed by atoms with Crippen LogP contribution in [0.5, 0.6) is 0 Å². The summed E-state index contributed by atoms with van der Waals surface area (Å²) in [6.45, 7) is 1.62. The zero-order valence-electron chi connectivity index (χ0n) is 8.53. The molecular formula is C10H12BrNO3. The Kier molecular flexibility index (Phi) is 3.68. The Morgan fingerprint density at radius 3 is 2.73 bits per heavy atom. The molecule has 0 spiro atoms. The first-order valence-electron chi connectivity index (χ1n) is 4.50. The number of aliphatic carboxylic acids is 1. The van der Waals surface area contributed by atoms with Gasteiger partial charge in [0.1, 0.15) is 0 Å². The van der Waals surface area contributed by atoms with Crippen molar-refractivity contribution in [2.24, 2.45) is 13.0 Å². The summed E-state index contributed by atoms with van der Waals surface area (Å²) < 4.78 is 2.22. The van der Waals surface area contributed by atoms with Crippen molar-refractivity contribution in [3.8, 4) is 0 Å². The normalized spacial score (nSPS) is 12.5. The molecule has 1 rings (SSSR count). The molecule has 1 unspecified atom stereocenters. The molecule has 15 heavy (non-hydrogen) atoms. The predicted octanol–water partition coefficient (Wildman–Crippen LogP) is 1.41. The van der Waals surface area contributed by atoms with Crippen molar-refractivity contribution >= 4 is 21.9 Å². The third-order valence-corrected chi connectivity index (χ3v) is 3.03. The summed E-state index contributed by atoms with van der Waals surface area (Å²) in [6, 6.07) is 3.09. The molecule has 0 aliphatic rings. The Morgan fingerprint density at radius 1 is 1.60 bits per heavy atom. The van der Waals surface area contributed by atoms with Crippen LogP contribution in [0.2, 0.25) is 0 Å². The van der Waals surface area contributed by atoms with Crippen LogP contribution in [0.1, 0.15) is 12.6 Å². The van der Waals surface area contributed by atoms with E-state index in [0.717, 1.165) is 4.47 Å². The highest BCUT2D eigenvalue weighted by atomic mass is 79.9. The number of pyridine rings is 1. The van der Waals surface area contributed by atoms with Crippen LogP contribution in [0.25, 0.3) is 0 Å². The lowest BCUT2D eigenvalue weighted by atomic mass is 10.1. The van der Waals surface area contributed by atoms with Crippen LogP contribution in [0.15, 0.2) is 21.4 Å². The number of halogens is 1. The number of hydrogen-bond donors (Lipinski definition) is 1. The SMILES string of the molecule is CC(Cc1c(Br)ccc(=O)n1C)C(=O)O. The van der Waals surface area contributed by atoms with E-state index in [-0.39, 0.29) is 5.56 Å². The molecule has 5 heteroatoms. The molecule has 1 heterocycles. The largest absolute Gasteiger partial charge is 0.481 e. The van der Waals surface area contributed by atoms with Crippen LogP contribution in [-0.4, -0.2) is 15.6 Å². The van der Waals surface area contributed by atoms with Gasteiger partial charge in [-0.25, -0.2) is 0 Å². The van der Waals surface area contributed by atoms with Crippen LogP contribution in [0.4, 0.5) is 0 Å². The van der Waals surface area contributed by atoms with Gasteiger partial charge in [0.25, 0.3) is 5.56 Å². The van der Waals surface area contributed by atoms with Gasteiger partial charge in [0.15, 0.2) is 0 Å². The van der Waals surface area contributed by atoms with Gasteiger partial charge < -0.3 is 9.67 Å². The molecule has 0 aromatic carbocycles. The first kappa shape index (κ1) is 12.0. The van der Waals surface area contributed by atoms with Gasteiger partial charge in [-0.2, -0.15) is 0 Å². The van der Waals surface area contributed by atoms with Gasteiger partial charge >= 0.3 is 5.97 Å². The van der Waals surface area contributed by atoms with Crippen molar-refractivity contribution in [2.75, 3.05) is 0 Å². The van der Waals surface area contributed by atoms with E-state index in [1.54, 1.807) is 20.0 Å². The summed E-state index contributed by atoms with van der Waals surface area (Å²) in [7, 11) is 1.64. The summed E-state index contributed by atoms with van der Waals surface area (Å²) in [6.07, 6.45) is 0.336. The highest BCUT2D eigenvalue weighted by Gasteiger charge is 2.15. The van der Waals surface area contributed by atoms with Crippen LogP contribution >= 0.6 is 15.9 Å². The molecule has 4 nitrogen and oxygen atoms in total. The van der Waals surface area contributed by atoms with Gasteiger partial charge in [-0.3, -0.25) is 9.59 Å². The van der Waals surface area contributed by atoms with E-state index in [1.807, 2.05) is 0 Å². The molecule has 1 aromatic rings. The lowest BCUT2D eigenvalue weighted by Gasteiger charge is -2.12. The van der Waals surface area contributed by atoms with E-state index in [2.05, 4.69) is 15.9 Å². The Hall–Kier alpha value is -1.10. The Morgan fingerprint density at radius 2 is 2.20 bits per heavy atom. The van der Waals surface area contributed by atoms with Crippen molar-refractivity contribution in [2.45, 2.75) is 13.3 Å². The molecule has 1 aromatic heterocycles. The van der Waals surface area contributed by atoms with Crippen LogP contribution in [-0.2, 0) is 18.3 Å². The zero-order chi connectivity index (χ0) is 11.6. The Bertz CT molecular complexity index is 439. The average molecular weight is 274 g/mol. The minimum atomic E-state index is -0.863. The fourth-order valence-electron chi connectivity index (χ4n) is 1.26. The number of carbonyl (C=O) groups is 1. The van der Waals surface area contributed by atoms with E-state index < -0.39 is 11.9 Å². The van der Waals surface area contributed by atoms with Gasteiger partial charge in [0.05, 0.1) is 5.92 Å². The first-order valence-corrected chi connectivity index (χ1v) is 5.30. The van der Waals surface area contributed by atoms with Crippen LogP contribution in [0.3, 0.4) is 0 Å². The number of aromatic nitrogens is 1. The number of rotatable bonds is 3. The summed E-state index contributed by atoms with van der Waals surface area (Å²) >= 11 is 3.31. The average Bonchev–Trinajstić information content (AvgIpc) is 2.18. The zero-order valence-corrected chi connectivity index (χ0v) is 10.1. The smallest absolute Gasteiger partial charge is 0.306 e. The molecule has 0 radical (unpaired) electrons. The van der Waals surface area contributed by atoms with E-state index in [4.69, 9.17) is 5.11 Å². The second kappa shape index (κ2) is 4.61. The molecule has 0 aliphatic heterocycles. The number of nitrogens with zero attached hydrogens (tertiary/aromatic N) is 1. The fraction of sp³-hybridized carbons (Fsp3) is 0.400. The maximum absolute atomic E-state index is 11.3. The van der Waals surface area contributed by atoms with E-state index >= 15 is 0 Å². The molecule has 0 bridgehead atoms. The summed E-state index contributed by atoms with van der Waals surface area (Å²) in [4.78, 5) is 22.0. The second-order valence-electron chi connectivity index (χ2n) is 3.47. The van der Waals surface area contributed by atoms with Gasteiger partial charge in [-0.15, -0.1) is 0 Å². The quantitative estimate of drug-likeness (QED) is 0.906. The molecule has 0 saturated heterocycles. The van der Waals surface area contributed by atoms with E-state index in [9.17, 15) is 9.59 Å². The van der Waals surface area contributed by atoms with Gasteiger partial charge in [-0.05, 0) is 22.0 Å². The van der Waals surface area contributed by atoms with Crippen molar-refractivity contribution in [3.63, 3.8) is 0 Å². The maximum atomic E-state index is 11.3. The number of hydrogen-bond acceptors (Lipinski definition) is 2. The summed E-state index contributed by atoms with van der Waals surface area (Å²) in [5, 5.41) is 8.79. The molecule has 1 atom stereocenters. The topological polar surface area (TPSA) is 59.3 Å². The van der Waals surface area contributed by atoms with Crippen molar-refractivity contribution in [1.82, 2.24) is 4.57 Å². The molecular weight excluding hydrogens is 262 g/mol. The van der Waals surface area contributed by atoms with Gasteiger partial charge in [0.2, 0.25) is 0 Å². The second-order valence-corrected chi connectivity index (χ2v) is 4.32. The van der Waals surface area contributed by atoms with E-state index in [1.165, 1.54) is 10.6 Å². The van der Waals surface area contributed by atoms with E-state index in [0.29, 0.717) is 12.1 Å². The monoisotopic (exact) mass is 273 g/mol. The summed E-state index contributed by atoms with van der Waals surface area (Å²) in [5.41, 5.74) is 0.572.